The number of hydrogen-bond donors (Lipinski definition) is 5. The quantitative estimate of drug-likeness (QED) is 0.355. The summed E-state index contributed by atoms with van der Waals surface area (Å²) >= 11 is 0. The first-order valence-electron chi connectivity index (χ1n) is 6.77. The fraction of sp³-hybridized carbons (Fsp3) is 0.600. The van der Waals surface area contributed by atoms with Gasteiger partial charge in [-0.2, -0.15) is 0 Å². The van der Waals surface area contributed by atoms with Crippen LogP contribution in [-0.2, 0) is 22.9 Å². The Kier molecular flexibility index (Phi) is 5.84. The van der Waals surface area contributed by atoms with Crippen LogP contribution in [0.3, 0.4) is 0 Å². The normalized spacial score (nSPS) is 24.6. The van der Waals surface area contributed by atoms with Crippen LogP contribution in [-0.4, -0.2) is 47.9 Å². The molecular formula is C10H16N2O11P2. The maximum Gasteiger partial charge on any atom is 0.469 e. The van der Waals surface area contributed by atoms with E-state index < -0.39 is 51.9 Å². The third-order valence-corrected chi connectivity index (χ3v) is 4.35. The Hall–Kier alpha value is -1.14. The zero-order valence-corrected chi connectivity index (χ0v) is 14.5. The molecule has 1 aromatic heterocycles. The zero-order valence-electron chi connectivity index (χ0n) is 12.7. The summed E-state index contributed by atoms with van der Waals surface area (Å²) in [5.41, 5.74) is -1.25. The lowest BCUT2D eigenvalue weighted by Crippen LogP contribution is -2.33. The zero-order chi connectivity index (χ0) is 19.0. The van der Waals surface area contributed by atoms with Crippen molar-refractivity contribution in [3.63, 3.8) is 0 Å². The number of aromatic nitrogens is 2. The van der Waals surface area contributed by atoms with E-state index in [4.69, 9.17) is 24.3 Å². The lowest BCUT2D eigenvalue weighted by atomic mass is 10.2. The number of rotatable bonds is 6. The average Bonchev–Trinajstić information content (AvgIpc) is 2.80. The highest BCUT2D eigenvalue weighted by molar-refractivity contribution is 7.46. The predicted octanol–water partition coefficient (Wildman–Crippen LogP) is -1.28. The number of phosphoric ester groups is 2. The van der Waals surface area contributed by atoms with E-state index in [9.17, 15) is 18.7 Å². The summed E-state index contributed by atoms with van der Waals surface area (Å²) in [5.74, 6) is 0. The summed E-state index contributed by atoms with van der Waals surface area (Å²) in [6, 6.07) is 0. The number of H-pyrrole nitrogens is 1. The molecule has 15 heteroatoms. The number of ether oxygens (including phenoxy) is 1. The average molecular weight is 402 g/mol. The van der Waals surface area contributed by atoms with Crippen LogP contribution in [0.2, 0.25) is 0 Å². The third-order valence-electron chi connectivity index (χ3n) is 3.32. The number of phosphoric acid groups is 2. The van der Waals surface area contributed by atoms with E-state index >= 15 is 0 Å². The van der Waals surface area contributed by atoms with Crippen molar-refractivity contribution in [2.75, 3.05) is 6.61 Å². The van der Waals surface area contributed by atoms with E-state index in [1.807, 2.05) is 4.98 Å². The van der Waals surface area contributed by atoms with E-state index in [-0.39, 0.29) is 12.0 Å². The van der Waals surface area contributed by atoms with Gasteiger partial charge in [0.2, 0.25) is 0 Å². The van der Waals surface area contributed by atoms with Gasteiger partial charge in [-0.25, -0.2) is 13.9 Å². The Bertz CT molecular complexity index is 836. The summed E-state index contributed by atoms with van der Waals surface area (Å²) in [5, 5.41) is 0. The molecule has 1 aliphatic rings. The van der Waals surface area contributed by atoms with Gasteiger partial charge in [-0.05, 0) is 6.92 Å². The minimum Gasteiger partial charge on any atom is -0.349 e. The van der Waals surface area contributed by atoms with E-state index in [0.29, 0.717) is 0 Å². The first kappa shape index (κ1) is 20.2. The predicted molar refractivity (Wildman–Crippen MR) is 79.5 cm³/mol. The molecule has 0 radical (unpaired) electrons. The van der Waals surface area contributed by atoms with Crippen LogP contribution in [0, 0.1) is 6.92 Å². The van der Waals surface area contributed by atoms with E-state index in [1.54, 1.807) is 0 Å². The topological polar surface area (TPSA) is 198 Å². The van der Waals surface area contributed by atoms with Crippen LogP contribution in [0.5, 0.6) is 0 Å². The largest absolute Gasteiger partial charge is 0.469 e. The van der Waals surface area contributed by atoms with Gasteiger partial charge in [0.1, 0.15) is 18.4 Å². The van der Waals surface area contributed by atoms with Crippen molar-refractivity contribution < 1.29 is 42.5 Å². The minimum atomic E-state index is -4.94. The van der Waals surface area contributed by atoms with Gasteiger partial charge in [0.15, 0.2) is 0 Å². The fourth-order valence-electron chi connectivity index (χ4n) is 2.28. The first-order chi connectivity index (χ1) is 11.4. The monoisotopic (exact) mass is 402 g/mol. The SMILES string of the molecule is Cc1cn([C@H]2C[C@H](OP(=O)(O)O)[C@@H](COP(=O)(O)O)O2)c(=O)[nH]c1=O. The van der Waals surface area contributed by atoms with Crippen LogP contribution < -0.4 is 11.2 Å². The standard InChI is InChI=1S/C10H16N2O11P2/c1-5-3-12(10(14)11-9(5)13)8-2-6(23-25(18,19)20)7(22-8)4-21-24(15,16)17/h3,6-8H,2,4H2,1H3,(H,11,13,14)(H2,15,16,17)(H2,18,19,20)/t6-,7+,8+/m0/s1. The van der Waals surface area contributed by atoms with Crippen molar-refractivity contribution in [3.8, 4) is 0 Å². The summed E-state index contributed by atoms with van der Waals surface area (Å²) in [4.78, 5) is 60.7. The van der Waals surface area contributed by atoms with Gasteiger partial charge in [0.05, 0.1) is 6.61 Å². The summed E-state index contributed by atoms with van der Waals surface area (Å²) in [6.07, 6.45) is -2.72. The van der Waals surface area contributed by atoms with Crippen molar-refractivity contribution in [1.82, 2.24) is 9.55 Å². The Morgan fingerprint density at radius 1 is 1.28 bits per heavy atom. The molecule has 0 spiro atoms. The maximum absolute atomic E-state index is 11.9. The van der Waals surface area contributed by atoms with Gasteiger partial charge in [0, 0.05) is 18.2 Å². The van der Waals surface area contributed by atoms with Gasteiger partial charge in [-0.3, -0.25) is 23.4 Å². The molecule has 2 rings (SSSR count). The molecule has 1 aliphatic heterocycles. The molecule has 0 unspecified atom stereocenters. The minimum absolute atomic E-state index is 0.186. The first-order valence-corrected chi connectivity index (χ1v) is 9.83. The number of nitrogens with one attached hydrogen (secondary N) is 1. The summed E-state index contributed by atoms with van der Waals surface area (Å²) in [7, 11) is -9.80. The molecule has 1 saturated heterocycles. The van der Waals surface area contributed by atoms with Crippen molar-refractivity contribution in [2.24, 2.45) is 0 Å². The second-order valence-electron chi connectivity index (χ2n) is 5.26. The molecule has 0 saturated carbocycles. The molecule has 1 aromatic rings. The van der Waals surface area contributed by atoms with Crippen molar-refractivity contribution in [1.29, 1.82) is 0 Å². The van der Waals surface area contributed by atoms with Crippen molar-refractivity contribution >= 4 is 15.6 Å². The molecule has 13 nitrogen and oxygen atoms in total. The number of aromatic amines is 1. The molecule has 142 valence electrons. The lowest BCUT2D eigenvalue weighted by molar-refractivity contribution is -0.0444. The number of nitrogens with zero attached hydrogens (tertiary/aromatic N) is 1. The number of hydrogen-bond acceptors (Lipinski definition) is 7. The highest BCUT2D eigenvalue weighted by Crippen LogP contribution is 2.44. The fourth-order valence-corrected chi connectivity index (χ4v) is 3.19. The van der Waals surface area contributed by atoms with Gasteiger partial charge in [-0.1, -0.05) is 0 Å². The van der Waals surface area contributed by atoms with Gasteiger partial charge < -0.3 is 24.3 Å². The van der Waals surface area contributed by atoms with Gasteiger partial charge in [-0.15, -0.1) is 0 Å². The molecule has 0 aliphatic carbocycles. The van der Waals surface area contributed by atoms with Crippen LogP contribution in [0.1, 0.15) is 18.2 Å². The molecule has 0 amide bonds. The highest BCUT2D eigenvalue weighted by Gasteiger charge is 2.42. The van der Waals surface area contributed by atoms with Crippen molar-refractivity contribution in [2.45, 2.75) is 31.8 Å². The molecule has 5 N–H and O–H groups in total. The second kappa shape index (κ2) is 7.23. The molecular weight excluding hydrogens is 386 g/mol. The van der Waals surface area contributed by atoms with E-state index in [2.05, 4.69) is 9.05 Å². The van der Waals surface area contributed by atoms with Crippen LogP contribution in [0.25, 0.3) is 0 Å². The van der Waals surface area contributed by atoms with Crippen LogP contribution in [0.15, 0.2) is 15.8 Å². The Morgan fingerprint density at radius 2 is 1.92 bits per heavy atom. The van der Waals surface area contributed by atoms with Gasteiger partial charge in [0.25, 0.3) is 5.56 Å². The summed E-state index contributed by atoms with van der Waals surface area (Å²) in [6.45, 7) is 0.699. The molecule has 2 heterocycles. The third kappa shape index (κ3) is 5.68. The molecule has 25 heavy (non-hydrogen) atoms. The van der Waals surface area contributed by atoms with E-state index in [0.717, 1.165) is 4.57 Å². The van der Waals surface area contributed by atoms with Crippen LogP contribution >= 0.6 is 15.6 Å². The van der Waals surface area contributed by atoms with Crippen LogP contribution in [0.4, 0.5) is 0 Å². The summed E-state index contributed by atoms with van der Waals surface area (Å²) < 4.78 is 37.0. The molecule has 3 atom stereocenters. The molecule has 0 aromatic carbocycles. The highest BCUT2D eigenvalue weighted by atomic mass is 31.2. The molecule has 1 fully saturated rings. The van der Waals surface area contributed by atoms with Crippen molar-refractivity contribution in [3.05, 3.63) is 32.6 Å². The van der Waals surface area contributed by atoms with Gasteiger partial charge >= 0.3 is 21.3 Å². The molecule has 0 bridgehead atoms. The Balaban J connectivity index is 2.26. The Labute approximate surface area is 139 Å². The smallest absolute Gasteiger partial charge is 0.349 e. The number of aryl methyl sites for hydroxylation is 1. The van der Waals surface area contributed by atoms with E-state index in [1.165, 1.54) is 13.1 Å². The lowest BCUT2D eigenvalue weighted by Gasteiger charge is -2.19. The Morgan fingerprint density at radius 3 is 2.48 bits per heavy atom. The maximum atomic E-state index is 11.9. The second-order valence-corrected chi connectivity index (χ2v) is 7.70.